The van der Waals surface area contributed by atoms with Crippen LogP contribution in [0.15, 0.2) is 24.4 Å². The molecule has 0 atom stereocenters. The Morgan fingerprint density at radius 1 is 1.53 bits per heavy atom. The van der Waals surface area contributed by atoms with Crippen molar-refractivity contribution < 1.29 is 9.53 Å². The fraction of sp³-hybridized carbons (Fsp3) is 0.231. The number of ether oxygens (including phenoxy) is 1. The normalized spacial score (nSPS) is 10.2. The topological polar surface area (TPSA) is 77.2 Å². The molecule has 0 spiro atoms. The summed E-state index contributed by atoms with van der Waals surface area (Å²) >= 11 is 1.36. The lowest BCUT2D eigenvalue weighted by Gasteiger charge is -2.04. The number of aromatic nitrogens is 1. The first-order valence-corrected chi connectivity index (χ1v) is 6.55. The number of thiophene rings is 1. The molecule has 0 bridgehead atoms. The Hall–Kier alpha value is -2.08. The van der Waals surface area contributed by atoms with Crippen LogP contribution in [0, 0.1) is 0 Å². The van der Waals surface area contributed by atoms with Gasteiger partial charge in [-0.3, -0.25) is 4.79 Å². The van der Waals surface area contributed by atoms with Gasteiger partial charge in [-0.25, -0.2) is 4.98 Å². The van der Waals surface area contributed by atoms with Gasteiger partial charge in [-0.2, -0.15) is 0 Å². The fourth-order valence-corrected chi connectivity index (χ4v) is 2.46. The number of ketones is 1. The Balaban J connectivity index is 2.01. The summed E-state index contributed by atoms with van der Waals surface area (Å²) in [5.74, 6) is 0.574. The number of nitrogens with zero attached hydrogens (tertiary/aromatic N) is 1. The van der Waals surface area contributed by atoms with Crippen LogP contribution in [0.25, 0.3) is 0 Å². The van der Waals surface area contributed by atoms with Gasteiger partial charge in [0.05, 0.1) is 22.7 Å². The number of carbonyl (C=O) groups excluding carboxylic acids is 1. The summed E-state index contributed by atoms with van der Waals surface area (Å²) in [6.45, 7) is 2.13. The monoisotopic (exact) mass is 277 g/mol. The maximum Gasteiger partial charge on any atom is 0.212 e. The Bertz CT molecular complexity index is 578. The van der Waals surface area contributed by atoms with Gasteiger partial charge >= 0.3 is 0 Å². The number of hydrogen-bond donors (Lipinski definition) is 2. The zero-order valence-corrected chi connectivity index (χ0v) is 11.6. The lowest BCUT2D eigenvalue weighted by molar-refractivity contribution is 0.102. The molecule has 0 aliphatic rings. The Morgan fingerprint density at radius 2 is 2.32 bits per heavy atom. The highest BCUT2D eigenvalue weighted by molar-refractivity contribution is 7.18. The number of hydrogen-bond acceptors (Lipinski definition) is 6. The summed E-state index contributed by atoms with van der Waals surface area (Å²) in [6.07, 6.45) is 1.74. The van der Waals surface area contributed by atoms with Crippen molar-refractivity contribution in [2.75, 3.05) is 18.2 Å². The van der Waals surface area contributed by atoms with Crippen LogP contribution in [0.2, 0.25) is 0 Å². The number of nitrogens with two attached hydrogens (primary N) is 1. The molecule has 100 valence electrons. The molecule has 0 fully saturated rings. The van der Waals surface area contributed by atoms with E-state index in [0.29, 0.717) is 23.0 Å². The van der Waals surface area contributed by atoms with Gasteiger partial charge in [-0.15, -0.1) is 11.3 Å². The van der Waals surface area contributed by atoms with E-state index in [-0.39, 0.29) is 5.78 Å². The smallest absolute Gasteiger partial charge is 0.212 e. The number of Topliss-reactive ketones (excluding diaryl/α,β-unsaturated/α-hetero) is 1. The lowest BCUT2D eigenvalue weighted by atomic mass is 10.3. The second kappa shape index (κ2) is 5.71. The molecule has 0 aliphatic carbocycles. The van der Waals surface area contributed by atoms with Gasteiger partial charge in [-0.1, -0.05) is 6.07 Å². The molecule has 0 radical (unpaired) electrons. The van der Waals surface area contributed by atoms with Gasteiger partial charge in [0.1, 0.15) is 0 Å². The van der Waals surface area contributed by atoms with Crippen LogP contribution in [0.1, 0.15) is 22.2 Å². The zero-order valence-electron chi connectivity index (χ0n) is 10.8. The van der Waals surface area contributed by atoms with Crippen LogP contribution in [0.3, 0.4) is 0 Å². The van der Waals surface area contributed by atoms with Crippen LogP contribution in [0.4, 0.5) is 10.7 Å². The number of nitrogen functional groups attached to an aromatic ring is 1. The van der Waals surface area contributed by atoms with Crippen molar-refractivity contribution in [1.29, 1.82) is 0 Å². The van der Waals surface area contributed by atoms with Gasteiger partial charge < -0.3 is 15.8 Å². The van der Waals surface area contributed by atoms with E-state index in [1.165, 1.54) is 18.3 Å². The maximum atomic E-state index is 11.3. The minimum Gasteiger partial charge on any atom is -0.481 e. The predicted molar refractivity (Wildman–Crippen MR) is 76.9 cm³/mol. The molecule has 19 heavy (non-hydrogen) atoms. The molecule has 0 unspecified atom stereocenters. The highest BCUT2D eigenvalue weighted by Gasteiger charge is 2.10. The van der Waals surface area contributed by atoms with Gasteiger partial charge in [0, 0.05) is 25.7 Å². The molecule has 0 aliphatic heterocycles. The largest absolute Gasteiger partial charge is 0.481 e. The molecule has 0 amide bonds. The molecular formula is C13H15N3O2S. The van der Waals surface area contributed by atoms with E-state index in [1.807, 2.05) is 6.07 Å². The minimum absolute atomic E-state index is 0.0123. The van der Waals surface area contributed by atoms with Crippen molar-refractivity contribution in [2.24, 2.45) is 0 Å². The van der Waals surface area contributed by atoms with Crippen LogP contribution in [-0.2, 0) is 6.54 Å². The molecule has 5 nitrogen and oxygen atoms in total. The number of carbonyl (C=O) groups is 1. The molecule has 2 aromatic rings. The molecule has 2 heterocycles. The number of pyridine rings is 1. The van der Waals surface area contributed by atoms with Gasteiger partial charge in [0.15, 0.2) is 5.78 Å². The average Bonchev–Trinajstić information content (AvgIpc) is 2.78. The summed E-state index contributed by atoms with van der Waals surface area (Å²) in [6, 6.07) is 5.51. The van der Waals surface area contributed by atoms with Crippen molar-refractivity contribution >= 4 is 27.8 Å². The number of methoxy groups -OCH3 is 1. The molecule has 0 saturated carbocycles. The van der Waals surface area contributed by atoms with Crippen molar-refractivity contribution in [3.63, 3.8) is 0 Å². The second-order valence-electron chi connectivity index (χ2n) is 4.01. The molecule has 2 rings (SSSR count). The maximum absolute atomic E-state index is 11.3. The minimum atomic E-state index is -0.0123. The first kappa shape index (κ1) is 13.4. The Labute approximate surface area is 115 Å². The molecule has 0 aromatic carbocycles. The molecule has 2 aromatic heterocycles. The highest BCUT2D eigenvalue weighted by Crippen LogP contribution is 2.29. The van der Waals surface area contributed by atoms with Crippen LogP contribution in [0.5, 0.6) is 5.88 Å². The van der Waals surface area contributed by atoms with E-state index >= 15 is 0 Å². The first-order valence-electron chi connectivity index (χ1n) is 5.73. The number of rotatable bonds is 5. The molecular weight excluding hydrogens is 262 g/mol. The molecule has 0 saturated heterocycles. The van der Waals surface area contributed by atoms with E-state index < -0.39 is 0 Å². The summed E-state index contributed by atoms with van der Waals surface area (Å²) in [4.78, 5) is 16.0. The molecule has 3 N–H and O–H groups in total. The van der Waals surface area contributed by atoms with E-state index in [2.05, 4.69) is 10.3 Å². The second-order valence-corrected chi connectivity index (χ2v) is 5.07. The van der Waals surface area contributed by atoms with Crippen molar-refractivity contribution in [1.82, 2.24) is 4.98 Å². The highest BCUT2D eigenvalue weighted by atomic mass is 32.1. The van der Waals surface area contributed by atoms with Crippen molar-refractivity contribution in [3.05, 3.63) is 34.8 Å². The lowest BCUT2D eigenvalue weighted by Crippen LogP contribution is -1.98. The van der Waals surface area contributed by atoms with E-state index in [0.717, 1.165) is 10.6 Å². The van der Waals surface area contributed by atoms with E-state index in [1.54, 1.807) is 25.4 Å². The number of anilines is 2. The summed E-state index contributed by atoms with van der Waals surface area (Å²) < 4.78 is 4.99. The van der Waals surface area contributed by atoms with Crippen molar-refractivity contribution in [3.8, 4) is 5.88 Å². The standard InChI is InChI=1S/C13H15N3O2S/c1-8(17)13-10(14)5-12(19-13)16-7-9-3-4-11(18-2)15-6-9/h3-6,16H,7,14H2,1-2H3. The number of nitrogens with one attached hydrogen (secondary N) is 1. The van der Waals surface area contributed by atoms with Gasteiger partial charge in [-0.05, 0) is 11.6 Å². The first-order chi connectivity index (χ1) is 9.10. The van der Waals surface area contributed by atoms with Gasteiger partial charge in [0.25, 0.3) is 0 Å². The van der Waals surface area contributed by atoms with E-state index in [9.17, 15) is 4.79 Å². The zero-order chi connectivity index (χ0) is 13.8. The van der Waals surface area contributed by atoms with Crippen LogP contribution < -0.4 is 15.8 Å². The quantitative estimate of drug-likeness (QED) is 0.821. The summed E-state index contributed by atoms with van der Waals surface area (Å²) in [5, 5.41) is 4.09. The average molecular weight is 277 g/mol. The van der Waals surface area contributed by atoms with Crippen LogP contribution in [-0.4, -0.2) is 17.9 Å². The van der Waals surface area contributed by atoms with Crippen molar-refractivity contribution in [2.45, 2.75) is 13.5 Å². The van der Waals surface area contributed by atoms with E-state index in [4.69, 9.17) is 10.5 Å². The predicted octanol–water partition coefficient (Wildman–Crippen LogP) is 2.55. The fourth-order valence-electron chi connectivity index (χ4n) is 1.59. The summed E-state index contributed by atoms with van der Waals surface area (Å²) in [5.41, 5.74) is 7.32. The van der Waals surface area contributed by atoms with Gasteiger partial charge in [0.2, 0.25) is 5.88 Å². The third kappa shape index (κ3) is 3.23. The third-order valence-electron chi connectivity index (χ3n) is 2.55. The Morgan fingerprint density at radius 3 is 2.84 bits per heavy atom. The molecule has 6 heteroatoms. The summed E-state index contributed by atoms with van der Waals surface area (Å²) in [7, 11) is 1.58. The SMILES string of the molecule is COc1ccc(CNc2cc(N)c(C(C)=O)s2)cn1. The Kier molecular flexibility index (Phi) is 4.01. The third-order valence-corrected chi connectivity index (χ3v) is 3.76. The van der Waals surface area contributed by atoms with Crippen LogP contribution >= 0.6 is 11.3 Å².